The standard InChI is InChI=1S/C18H15P.C2H3.Au/c1-4-10-16(11-5-1)19(17-12-6-2-7-13-17)18-14-8-3-9-15-18;1-2;/h1-15H;1H,2H2;/q;-1;+1/p+1. The maximum Gasteiger partial charge on any atom is 1.00 e. The van der Waals surface area contributed by atoms with Gasteiger partial charge in [-0.1, -0.05) is 54.6 Å². The minimum Gasteiger partial charge on any atom is -0.521 e. The van der Waals surface area contributed by atoms with Gasteiger partial charge in [0.2, 0.25) is 0 Å². The molecule has 0 aliphatic rings. The first-order valence-corrected chi connectivity index (χ1v) is 8.39. The minimum atomic E-state index is -0.877. The van der Waals surface area contributed by atoms with Gasteiger partial charge in [0.25, 0.3) is 0 Å². The second-order valence-corrected chi connectivity index (χ2v) is 6.96. The van der Waals surface area contributed by atoms with Gasteiger partial charge in [-0.3, -0.25) is 6.58 Å². The Bertz CT molecular complexity index is 544. The molecule has 0 unspecified atom stereocenters. The van der Waals surface area contributed by atoms with Gasteiger partial charge in [0.05, 0.1) is 7.92 Å². The molecule has 0 saturated carbocycles. The predicted molar refractivity (Wildman–Crippen MR) is 96.5 cm³/mol. The van der Waals surface area contributed by atoms with Gasteiger partial charge < -0.3 is 6.58 Å². The van der Waals surface area contributed by atoms with Crippen molar-refractivity contribution in [2.45, 2.75) is 0 Å². The van der Waals surface area contributed by atoms with Gasteiger partial charge in [-0.2, -0.15) is 0 Å². The van der Waals surface area contributed by atoms with E-state index in [1.165, 1.54) is 15.9 Å². The molecule has 0 spiro atoms. The van der Waals surface area contributed by atoms with Crippen LogP contribution in [0.4, 0.5) is 0 Å². The number of rotatable bonds is 3. The molecule has 0 heterocycles. The molecule has 0 saturated heterocycles. The SMILES string of the molecule is [Au+].[CH-]=C.c1ccc([PH+](c2ccccc2)c2ccccc2)cc1. The van der Waals surface area contributed by atoms with E-state index in [9.17, 15) is 0 Å². The van der Waals surface area contributed by atoms with Gasteiger partial charge in [0.15, 0.2) is 0 Å². The van der Waals surface area contributed by atoms with Gasteiger partial charge in [0.1, 0.15) is 15.9 Å². The predicted octanol–water partition coefficient (Wildman–Crippen LogP) is 3.78. The summed E-state index contributed by atoms with van der Waals surface area (Å²) in [6.07, 6.45) is 0. The monoisotopic (exact) mass is 487 g/mol. The molecule has 3 aromatic carbocycles. The van der Waals surface area contributed by atoms with Crippen LogP contribution in [0.25, 0.3) is 0 Å². The molecule has 0 N–H and O–H groups in total. The first-order chi connectivity index (χ1) is 10.4. The molecule has 3 rings (SSSR count). The third-order valence-corrected chi connectivity index (χ3v) is 5.92. The summed E-state index contributed by atoms with van der Waals surface area (Å²) in [5, 5.41) is 4.31. The fourth-order valence-corrected chi connectivity index (χ4v) is 4.89. The van der Waals surface area contributed by atoms with Crippen molar-refractivity contribution in [1.82, 2.24) is 0 Å². The molecular weight excluding hydrogens is 468 g/mol. The Morgan fingerprint density at radius 1 is 0.500 bits per heavy atom. The molecule has 2 heteroatoms. The fourth-order valence-electron chi connectivity index (χ4n) is 2.31. The van der Waals surface area contributed by atoms with E-state index in [1.807, 2.05) is 0 Å². The summed E-state index contributed by atoms with van der Waals surface area (Å²) in [4.78, 5) is 0. The molecule has 0 radical (unpaired) electrons. The Labute approximate surface area is 150 Å². The summed E-state index contributed by atoms with van der Waals surface area (Å²) in [7, 11) is -0.877. The normalized spacial score (nSPS) is 9.32. The van der Waals surface area contributed by atoms with Crippen molar-refractivity contribution >= 4 is 23.8 Å². The molecule has 0 aliphatic carbocycles. The quantitative estimate of drug-likeness (QED) is 0.300. The van der Waals surface area contributed by atoms with Crippen LogP contribution in [-0.4, -0.2) is 0 Å². The Balaban J connectivity index is 0.000000775. The van der Waals surface area contributed by atoms with E-state index in [0.29, 0.717) is 0 Å². The van der Waals surface area contributed by atoms with Crippen molar-refractivity contribution in [3.8, 4) is 0 Å². The van der Waals surface area contributed by atoms with E-state index in [1.54, 1.807) is 0 Å². The van der Waals surface area contributed by atoms with Gasteiger partial charge in [0, 0.05) is 0 Å². The minimum absolute atomic E-state index is 0. The fraction of sp³-hybridized carbons (Fsp3) is 0. The zero-order chi connectivity index (χ0) is 14.9. The van der Waals surface area contributed by atoms with E-state index in [-0.39, 0.29) is 22.4 Å². The maximum absolute atomic E-state index is 4.25. The van der Waals surface area contributed by atoms with Crippen molar-refractivity contribution in [2.24, 2.45) is 0 Å². The first-order valence-electron chi connectivity index (χ1n) is 6.89. The van der Waals surface area contributed by atoms with Crippen molar-refractivity contribution in [2.75, 3.05) is 0 Å². The summed E-state index contributed by atoms with van der Waals surface area (Å²) >= 11 is 0. The smallest absolute Gasteiger partial charge is 0.521 e. The van der Waals surface area contributed by atoms with Crippen LogP contribution in [0.3, 0.4) is 0 Å². The van der Waals surface area contributed by atoms with Crippen LogP contribution < -0.4 is 15.9 Å². The van der Waals surface area contributed by atoms with Crippen LogP contribution in [0, 0.1) is 6.58 Å². The zero-order valence-corrected chi connectivity index (χ0v) is 15.4. The second-order valence-electron chi connectivity index (χ2n) is 4.47. The van der Waals surface area contributed by atoms with Crippen LogP contribution in [0.2, 0.25) is 0 Å². The molecule has 114 valence electrons. The second kappa shape index (κ2) is 10.3. The average Bonchev–Trinajstić information content (AvgIpc) is 2.60. The summed E-state index contributed by atoms with van der Waals surface area (Å²) in [6, 6.07) is 32.5. The van der Waals surface area contributed by atoms with E-state index in [4.69, 9.17) is 0 Å². The van der Waals surface area contributed by atoms with Crippen molar-refractivity contribution in [1.29, 1.82) is 0 Å². The number of hydrogen-bond donors (Lipinski definition) is 0. The third-order valence-electron chi connectivity index (χ3n) is 3.19. The van der Waals surface area contributed by atoms with Crippen LogP contribution in [0.1, 0.15) is 0 Å². The van der Waals surface area contributed by atoms with Crippen LogP contribution >= 0.6 is 7.92 Å². The topological polar surface area (TPSA) is 0 Å². The summed E-state index contributed by atoms with van der Waals surface area (Å²) in [5.41, 5.74) is 0. The van der Waals surface area contributed by atoms with E-state index in [0.717, 1.165) is 0 Å². The third kappa shape index (κ3) is 4.80. The van der Waals surface area contributed by atoms with Gasteiger partial charge in [-0.05, 0) is 36.4 Å². The molecule has 0 amide bonds. The molecule has 0 bridgehead atoms. The summed E-state index contributed by atoms with van der Waals surface area (Å²) < 4.78 is 0. The van der Waals surface area contributed by atoms with Crippen LogP contribution in [0.5, 0.6) is 0 Å². The first kappa shape index (κ1) is 18.6. The van der Waals surface area contributed by atoms with Crippen LogP contribution in [-0.2, 0) is 22.4 Å². The van der Waals surface area contributed by atoms with Gasteiger partial charge >= 0.3 is 22.4 Å². The molecule has 0 atom stereocenters. The summed E-state index contributed by atoms with van der Waals surface area (Å²) in [5.74, 6) is 0. The van der Waals surface area contributed by atoms with E-state index >= 15 is 0 Å². The number of hydrogen-bond acceptors (Lipinski definition) is 0. The molecule has 22 heavy (non-hydrogen) atoms. The Hall–Kier alpha value is -1.43. The summed E-state index contributed by atoms with van der Waals surface area (Å²) in [6.45, 7) is 7.00. The average molecular weight is 487 g/mol. The van der Waals surface area contributed by atoms with E-state index in [2.05, 4.69) is 104 Å². The van der Waals surface area contributed by atoms with Gasteiger partial charge in [-0.15, -0.1) is 0 Å². The molecule has 0 nitrogen and oxygen atoms in total. The Morgan fingerprint density at radius 2 is 0.727 bits per heavy atom. The molecular formula is C20H19AuP+. The molecule has 3 aromatic rings. The van der Waals surface area contributed by atoms with Gasteiger partial charge in [-0.25, -0.2) is 0 Å². The van der Waals surface area contributed by atoms with Crippen molar-refractivity contribution in [3.63, 3.8) is 0 Å². The van der Waals surface area contributed by atoms with Crippen molar-refractivity contribution in [3.05, 3.63) is 104 Å². The van der Waals surface area contributed by atoms with Crippen molar-refractivity contribution < 1.29 is 22.4 Å². The maximum atomic E-state index is 4.25. The van der Waals surface area contributed by atoms with E-state index < -0.39 is 7.92 Å². The molecule has 0 aliphatic heterocycles. The molecule has 0 fully saturated rings. The Kier molecular flexibility index (Phi) is 8.74. The number of benzene rings is 3. The molecule has 0 aromatic heterocycles. The van der Waals surface area contributed by atoms with Crippen LogP contribution in [0.15, 0.2) is 97.6 Å². The zero-order valence-electron chi connectivity index (χ0n) is 12.2. The largest absolute Gasteiger partial charge is 1.00 e. The Morgan fingerprint density at radius 3 is 0.955 bits per heavy atom.